The van der Waals surface area contributed by atoms with E-state index in [1.807, 2.05) is 34.0 Å². The molecule has 0 aliphatic heterocycles. The van der Waals surface area contributed by atoms with Crippen LogP contribution in [0.4, 0.5) is 5.82 Å². The van der Waals surface area contributed by atoms with Gasteiger partial charge in [-0.25, -0.2) is 4.98 Å². The fourth-order valence-electron chi connectivity index (χ4n) is 3.36. The Bertz CT molecular complexity index is 966. The highest BCUT2D eigenvalue weighted by Gasteiger charge is 2.21. The Kier molecular flexibility index (Phi) is 4.32. The Balaban J connectivity index is 2.09. The van der Waals surface area contributed by atoms with Gasteiger partial charge in [-0.2, -0.15) is 10.2 Å². The minimum absolute atomic E-state index is 0.160. The average Bonchev–Trinajstić information content (AvgIpc) is 3.03. The summed E-state index contributed by atoms with van der Waals surface area (Å²) < 4.78 is 3.46. The molecule has 0 spiro atoms. The Morgan fingerprint density at radius 2 is 1.84 bits per heavy atom. The topological polar surface area (TPSA) is 77.6 Å². The average molecular weight is 340 g/mol. The van der Waals surface area contributed by atoms with Crippen molar-refractivity contribution in [3.05, 3.63) is 34.3 Å². The van der Waals surface area contributed by atoms with Crippen LogP contribution in [0.25, 0.3) is 11.0 Å². The van der Waals surface area contributed by atoms with Crippen LogP contribution in [0.5, 0.6) is 0 Å². The van der Waals surface area contributed by atoms with Crippen molar-refractivity contribution < 1.29 is 4.79 Å². The van der Waals surface area contributed by atoms with E-state index in [2.05, 4.69) is 34.3 Å². The summed E-state index contributed by atoms with van der Waals surface area (Å²) >= 11 is 0. The molecule has 0 aromatic carbocycles. The molecule has 0 aliphatic rings. The number of amides is 1. The van der Waals surface area contributed by atoms with E-state index in [9.17, 15) is 4.79 Å². The molecule has 3 heterocycles. The molecule has 0 radical (unpaired) electrons. The second-order valence-corrected chi connectivity index (χ2v) is 6.28. The number of nitrogens with one attached hydrogen (secondary N) is 1. The van der Waals surface area contributed by atoms with E-state index in [1.54, 1.807) is 9.36 Å². The third-order valence-electron chi connectivity index (χ3n) is 4.49. The maximum Gasteiger partial charge on any atom is 0.257 e. The molecular formula is C18H24N6O. The third kappa shape index (κ3) is 2.79. The van der Waals surface area contributed by atoms with E-state index >= 15 is 0 Å². The number of carbonyl (C=O) groups is 1. The molecule has 0 fully saturated rings. The van der Waals surface area contributed by atoms with E-state index in [0.29, 0.717) is 5.56 Å². The second-order valence-electron chi connectivity index (χ2n) is 6.28. The van der Waals surface area contributed by atoms with Crippen LogP contribution in [0, 0.1) is 13.8 Å². The number of carbonyl (C=O) groups excluding carboxylic acids is 1. The van der Waals surface area contributed by atoms with Crippen molar-refractivity contribution in [2.24, 2.45) is 14.1 Å². The zero-order valence-corrected chi connectivity index (χ0v) is 15.6. The predicted octanol–water partition coefficient (Wildman–Crippen LogP) is 2.70. The molecule has 0 unspecified atom stereocenters. The molecule has 0 saturated carbocycles. The van der Waals surface area contributed by atoms with Crippen LogP contribution in [-0.2, 0) is 26.9 Å². The molecule has 132 valence electrons. The van der Waals surface area contributed by atoms with Gasteiger partial charge in [0.2, 0.25) is 0 Å². The summed E-state index contributed by atoms with van der Waals surface area (Å²) in [6.07, 6.45) is 1.66. The first-order valence-electron chi connectivity index (χ1n) is 8.54. The lowest BCUT2D eigenvalue weighted by Gasteiger charge is -2.10. The molecule has 3 aromatic heterocycles. The van der Waals surface area contributed by atoms with Crippen molar-refractivity contribution in [3.63, 3.8) is 0 Å². The van der Waals surface area contributed by atoms with Gasteiger partial charge in [-0.1, -0.05) is 13.8 Å². The van der Waals surface area contributed by atoms with Crippen LogP contribution in [0.3, 0.4) is 0 Å². The van der Waals surface area contributed by atoms with Crippen molar-refractivity contribution in [3.8, 4) is 0 Å². The Labute approximate surface area is 147 Å². The van der Waals surface area contributed by atoms with E-state index in [0.717, 1.165) is 52.3 Å². The number of aromatic nitrogens is 5. The van der Waals surface area contributed by atoms with Crippen molar-refractivity contribution in [1.82, 2.24) is 24.5 Å². The highest BCUT2D eigenvalue weighted by Crippen LogP contribution is 2.25. The summed E-state index contributed by atoms with van der Waals surface area (Å²) in [6.45, 7) is 7.93. The summed E-state index contributed by atoms with van der Waals surface area (Å²) in [6, 6.07) is 1.81. The van der Waals surface area contributed by atoms with Crippen molar-refractivity contribution in [2.75, 3.05) is 5.32 Å². The highest BCUT2D eigenvalue weighted by atomic mass is 16.1. The van der Waals surface area contributed by atoms with Crippen LogP contribution in [-0.4, -0.2) is 30.5 Å². The van der Waals surface area contributed by atoms with Crippen LogP contribution < -0.4 is 5.32 Å². The second kappa shape index (κ2) is 6.31. The van der Waals surface area contributed by atoms with Crippen molar-refractivity contribution in [1.29, 1.82) is 0 Å². The minimum Gasteiger partial charge on any atom is -0.307 e. The number of hydrogen-bond acceptors (Lipinski definition) is 4. The minimum atomic E-state index is -0.160. The highest BCUT2D eigenvalue weighted by molar-refractivity contribution is 6.12. The first kappa shape index (κ1) is 17.1. The number of anilines is 1. The van der Waals surface area contributed by atoms with Gasteiger partial charge in [0.1, 0.15) is 5.82 Å². The maximum absolute atomic E-state index is 13.0. The van der Waals surface area contributed by atoms with Gasteiger partial charge in [-0.05, 0) is 32.8 Å². The third-order valence-corrected chi connectivity index (χ3v) is 4.49. The Hall–Kier alpha value is -2.70. The molecule has 3 aromatic rings. The van der Waals surface area contributed by atoms with Crippen LogP contribution >= 0.6 is 0 Å². The standard InChI is InChI=1S/C18H24N6O/c1-7-12-14(8-2)22-23(5)16(12)20-18(25)13-9-10(3)19-17-15(13)11(4)21-24(17)6/h9H,7-8H2,1-6H3,(H,20,25). The number of pyridine rings is 1. The Morgan fingerprint density at radius 1 is 1.12 bits per heavy atom. The zero-order valence-electron chi connectivity index (χ0n) is 15.6. The lowest BCUT2D eigenvalue weighted by Crippen LogP contribution is -2.16. The summed E-state index contributed by atoms with van der Waals surface area (Å²) in [5.41, 5.74) is 5.00. The van der Waals surface area contributed by atoms with E-state index in [1.165, 1.54) is 0 Å². The maximum atomic E-state index is 13.0. The number of fused-ring (bicyclic) bond motifs is 1. The summed E-state index contributed by atoms with van der Waals surface area (Å²) in [7, 11) is 3.70. The van der Waals surface area contributed by atoms with Crippen molar-refractivity contribution >= 4 is 22.8 Å². The smallest absolute Gasteiger partial charge is 0.257 e. The van der Waals surface area contributed by atoms with Gasteiger partial charge >= 0.3 is 0 Å². The molecular weight excluding hydrogens is 316 g/mol. The van der Waals surface area contributed by atoms with Gasteiger partial charge < -0.3 is 5.32 Å². The quantitative estimate of drug-likeness (QED) is 0.792. The predicted molar refractivity (Wildman–Crippen MR) is 97.9 cm³/mol. The van der Waals surface area contributed by atoms with Gasteiger partial charge in [0, 0.05) is 25.4 Å². The number of hydrogen-bond donors (Lipinski definition) is 1. The summed E-state index contributed by atoms with van der Waals surface area (Å²) in [5.74, 6) is 0.598. The van der Waals surface area contributed by atoms with Crippen LogP contribution in [0.2, 0.25) is 0 Å². The summed E-state index contributed by atoms with van der Waals surface area (Å²) in [5, 5.41) is 12.8. The SMILES string of the molecule is CCc1nn(C)c(NC(=O)c2cc(C)nc3c2c(C)nn3C)c1CC. The Morgan fingerprint density at radius 3 is 2.48 bits per heavy atom. The molecule has 0 bridgehead atoms. The monoisotopic (exact) mass is 340 g/mol. The van der Waals surface area contributed by atoms with Crippen molar-refractivity contribution in [2.45, 2.75) is 40.5 Å². The normalized spacial score (nSPS) is 11.3. The number of nitrogens with zero attached hydrogens (tertiary/aromatic N) is 5. The molecule has 7 heteroatoms. The van der Waals surface area contributed by atoms with Gasteiger partial charge in [0.15, 0.2) is 5.65 Å². The molecule has 0 aliphatic carbocycles. The van der Waals surface area contributed by atoms with E-state index in [-0.39, 0.29) is 5.91 Å². The molecule has 1 amide bonds. The molecule has 3 rings (SSSR count). The largest absolute Gasteiger partial charge is 0.307 e. The zero-order chi connectivity index (χ0) is 18.3. The number of aryl methyl sites for hydroxylation is 5. The lowest BCUT2D eigenvalue weighted by atomic mass is 10.1. The van der Waals surface area contributed by atoms with Crippen LogP contribution in [0.1, 0.15) is 46.9 Å². The molecule has 25 heavy (non-hydrogen) atoms. The molecule has 0 saturated heterocycles. The molecule has 7 nitrogen and oxygen atoms in total. The fraction of sp³-hybridized carbons (Fsp3) is 0.444. The first-order valence-corrected chi connectivity index (χ1v) is 8.54. The van der Waals surface area contributed by atoms with Gasteiger partial charge in [-0.15, -0.1) is 0 Å². The first-order chi connectivity index (χ1) is 11.9. The van der Waals surface area contributed by atoms with Gasteiger partial charge in [0.05, 0.1) is 22.3 Å². The molecule has 0 atom stereocenters. The van der Waals surface area contributed by atoms with E-state index in [4.69, 9.17) is 0 Å². The molecule has 1 N–H and O–H groups in total. The van der Waals surface area contributed by atoms with Crippen LogP contribution in [0.15, 0.2) is 6.07 Å². The van der Waals surface area contributed by atoms with Gasteiger partial charge in [-0.3, -0.25) is 14.2 Å². The van der Waals surface area contributed by atoms with Gasteiger partial charge in [0.25, 0.3) is 5.91 Å². The fourth-order valence-corrected chi connectivity index (χ4v) is 3.36. The lowest BCUT2D eigenvalue weighted by molar-refractivity contribution is 0.102. The summed E-state index contributed by atoms with van der Waals surface area (Å²) in [4.78, 5) is 17.6. The van der Waals surface area contributed by atoms with E-state index < -0.39 is 0 Å². The number of rotatable bonds is 4.